The van der Waals surface area contributed by atoms with Gasteiger partial charge >= 0.3 is 0 Å². The van der Waals surface area contributed by atoms with Crippen LogP contribution in [0.5, 0.6) is 5.75 Å². The molecular formula is C13H14BrN3O. The standard InChI is InChI=1S/C13H14BrN3O/c1-8-12(14)13(15)17(16-8)7-9-2-3-11-10(6-9)4-5-18-11/h2-3,6H,4-5,7,15H2,1H3. The number of ether oxygens (including phenoxy) is 1. The van der Waals surface area contributed by atoms with Crippen molar-refractivity contribution < 1.29 is 4.74 Å². The Morgan fingerprint density at radius 2 is 2.33 bits per heavy atom. The SMILES string of the molecule is Cc1nn(Cc2ccc3c(c2)CCO3)c(N)c1Br. The summed E-state index contributed by atoms with van der Waals surface area (Å²) in [5.74, 6) is 1.67. The third kappa shape index (κ3) is 1.88. The molecule has 0 saturated carbocycles. The first kappa shape index (κ1) is 11.6. The molecule has 0 radical (unpaired) electrons. The molecule has 1 aromatic heterocycles. The number of anilines is 1. The molecule has 1 aromatic carbocycles. The molecule has 2 aromatic rings. The lowest BCUT2D eigenvalue weighted by atomic mass is 10.1. The van der Waals surface area contributed by atoms with E-state index in [9.17, 15) is 0 Å². The fourth-order valence-electron chi connectivity index (χ4n) is 2.21. The zero-order valence-corrected chi connectivity index (χ0v) is 11.7. The third-order valence-electron chi connectivity index (χ3n) is 3.18. The average molecular weight is 308 g/mol. The van der Waals surface area contributed by atoms with Gasteiger partial charge in [-0.25, -0.2) is 4.68 Å². The molecule has 0 fully saturated rings. The van der Waals surface area contributed by atoms with Crippen molar-refractivity contribution >= 4 is 21.7 Å². The molecule has 0 atom stereocenters. The van der Waals surface area contributed by atoms with Gasteiger partial charge in [0, 0.05) is 6.42 Å². The Hall–Kier alpha value is -1.49. The molecule has 0 unspecified atom stereocenters. The highest BCUT2D eigenvalue weighted by atomic mass is 79.9. The summed E-state index contributed by atoms with van der Waals surface area (Å²) in [6, 6.07) is 6.26. The minimum atomic E-state index is 0.671. The van der Waals surface area contributed by atoms with Crippen molar-refractivity contribution in [1.82, 2.24) is 9.78 Å². The number of hydrogen-bond acceptors (Lipinski definition) is 3. The molecule has 1 aliphatic rings. The van der Waals surface area contributed by atoms with E-state index in [0.29, 0.717) is 12.4 Å². The molecule has 1 aliphatic heterocycles. The van der Waals surface area contributed by atoms with Crippen LogP contribution < -0.4 is 10.5 Å². The molecule has 0 amide bonds. The number of benzene rings is 1. The number of hydrogen-bond donors (Lipinski definition) is 1. The fraction of sp³-hybridized carbons (Fsp3) is 0.308. The Labute approximate surface area is 114 Å². The van der Waals surface area contributed by atoms with E-state index in [1.807, 2.05) is 17.7 Å². The van der Waals surface area contributed by atoms with E-state index in [2.05, 4.69) is 33.2 Å². The maximum absolute atomic E-state index is 5.99. The summed E-state index contributed by atoms with van der Waals surface area (Å²) in [6.45, 7) is 3.41. The smallest absolute Gasteiger partial charge is 0.136 e. The highest BCUT2D eigenvalue weighted by Crippen LogP contribution is 2.27. The summed E-state index contributed by atoms with van der Waals surface area (Å²) >= 11 is 3.43. The summed E-state index contributed by atoms with van der Waals surface area (Å²) in [7, 11) is 0. The lowest BCUT2D eigenvalue weighted by Gasteiger charge is -2.06. The summed E-state index contributed by atoms with van der Waals surface area (Å²) in [5, 5.41) is 4.41. The van der Waals surface area contributed by atoms with Gasteiger partial charge in [0.25, 0.3) is 0 Å². The van der Waals surface area contributed by atoms with Crippen LogP contribution >= 0.6 is 15.9 Å². The lowest BCUT2D eigenvalue weighted by molar-refractivity contribution is 0.357. The molecule has 5 heteroatoms. The predicted octanol–water partition coefficient (Wildman–Crippen LogP) is 2.52. The maximum Gasteiger partial charge on any atom is 0.136 e. The number of nitrogens with zero attached hydrogens (tertiary/aromatic N) is 2. The first-order chi connectivity index (χ1) is 8.65. The number of aromatic nitrogens is 2. The number of halogens is 1. The van der Waals surface area contributed by atoms with Crippen LogP contribution in [0, 0.1) is 6.92 Å². The van der Waals surface area contributed by atoms with E-state index in [1.54, 1.807) is 0 Å². The minimum Gasteiger partial charge on any atom is -0.493 e. The van der Waals surface area contributed by atoms with Crippen LogP contribution in [0.4, 0.5) is 5.82 Å². The normalized spacial score (nSPS) is 13.4. The fourth-order valence-corrected chi connectivity index (χ4v) is 2.49. The van der Waals surface area contributed by atoms with Crippen molar-refractivity contribution in [2.45, 2.75) is 19.9 Å². The van der Waals surface area contributed by atoms with E-state index in [-0.39, 0.29) is 0 Å². The Balaban J connectivity index is 1.90. The van der Waals surface area contributed by atoms with Crippen molar-refractivity contribution in [3.63, 3.8) is 0 Å². The van der Waals surface area contributed by atoms with Crippen molar-refractivity contribution in [1.29, 1.82) is 0 Å². The molecule has 4 nitrogen and oxygen atoms in total. The molecule has 0 bridgehead atoms. The van der Waals surface area contributed by atoms with Crippen LogP contribution in [-0.4, -0.2) is 16.4 Å². The average Bonchev–Trinajstić information content (AvgIpc) is 2.91. The summed E-state index contributed by atoms with van der Waals surface area (Å²) < 4.78 is 8.19. The largest absolute Gasteiger partial charge is 0.493 e. The lowest BCUT2D eigenvalue weighted by Crippen LogP contribution is -2.06. The summed E-state index contributed by atoms with van der Waals surface area (Å²) in [4.78, 5) is 0. The maximum atomic E-state index is 5.99. The number of rotatable bonds is 2. The molecule has 3 rings (SSSR count). The van der Waals surface area contributed by atoms with E-state index in [4.69, 9.17) is 10.5 Å². The Morgan fingerprint density at radius 3 is 3.06 bits per heavy atom. The van der Waals surface area contributed by atoms with Crippen LogP contribution in [0.2, 0.25) is 0 Å². The van der Waals surface area contributed by atoms with Gasteiger partial charge in [-0.15, -0.1) is 0 Å². The number of nitrogens with two attached hydrogens (primary N) is 1. The molecule has 94 valence electrons. The highest BCUT2D eigenvalue weighted by molar-refractivity contribution is 9.10. The molecule has 0 saturated heterocycles. The van der Waals surface area contributed by atoms with Gasteiger partial charge in [0.1, 0.15) is 11.6 Å². The monoisotopic (exact) mass is 307 g/mol. The Bertz CT molecular complexity index is 607. The van der Waals surface area contributed by atoms with E-state index in [0.717, 1.165) is 28.9 Å². The second kappa shape index (κ2) is 4.31. The van der Waals surface area contributed by atoms with Crippen molar-refractivity contribution in [3.05, 3.63) is 39.5 Å². The zero-order chi connectivity index (χ0) is 12.7. The van der Waals surface area contributed by atoms with Gasteiger partial charge in [-0.1, -0.05) is 12.1 Å². The van der Waals surface area contributed by atoms with Crippen LogP contribution in [0.1, 0.15) is 16.8 Å². The molecular weight excluding hydrogens is 294 g/mol. The summed E-state index contributed by atoms with van der Waals surface area (Å²) in [5.41, 5.74) is 9.37. The topological polar surface area (TPSA) is 53.1 Å². The first-order valence-electron chi connectivity index (χ1n) is 5.88. The van der Waals surface area contributed by atoms with Crippen molar-refractivity contribution in [2.75, 3.05) is 12.3 Å². The predicted molar refractivity (Wildman–Crippen MR) is 73.8 cm³/mol. The van der Waals surface area contributed by atoms with Crippen LogP contribution in [0.15, 0.2) is 22.7 Å². The van der Waals surface area contributed by atoms with Crippen LogP contribution in [0.3, 0.4) is 0 Å². The Morgan fingerprint density at radius 1 is 1.50 bits per heavy atom. The van der Waals surface area contributed by atoms with Crippen LogP contribution in [-0.2, 0) is 13.0 Å². The molecule has 0 aliphatic carbocycles. The number of nitrogen functional groups attached to an aromatic ring is 1. The number of fused-ring (bicyclic) bond motifs is 1. The van der Waals surface area contributed by atoms with E-state index in [1.165, 1.54) is 11.1 Å². The van der Waals surface area contributed by atoms with E-state index < -0.39 is 0 Å². The second-order valence-corrected chi connectivity index (χ2v) is 5.28. The second-order valence-electron chi connectivity index (χ2n) is 4.48. The third-order valence-corrected chi connectivity index (χ3v) is 4.16. The van der Waals surface area contributed by atoms with E-state index >= 15 is 0 Å². The van der Waals surface area contributed by atoms with Gasteiger partial charge in [0.15, 0.2) is 0 Å². The highest BCUT2D eigenvalue weighted by Gasteiger charge is 2.14. The van der Waals surface area contributed by atoms with Gasteiger partial charge in [0.05, 0.1) is 23.3 Å². The zero-order valence-electron chi connectivity index (χ0n) is 10.1. The van der Waals surface area contributed by atoms with Crippen LogP contribution in [0.25, 0.3) is 0 Å². The van der Waals surface area contributed by atoms with Crippen molar-refractivity contribution in [2.24, 2.45) is 0 Å². The van der Waals surface area contributed by atoms with Gasteiger partial charge in [-0.2, -0.15) is 5.10 Å². The molecule has 2 heterocycles. The number of aryl methyl sites for hydroxylation is 1. The minimum absolute atomic E-state index is 0.671. The van der Waals surface area contributed by atoms with Gasteiger partial charge in [0.2, 0.25) is 0 Å². The molecule has 18 heavy (non-hydrogen) atoms. The Kier molecular flexibility index (Phi) is 2.78. The summed E-state index contributed by atoms with van der Waals surface area (Å²) in [6.07, 6.45) is 0.987. The van der Waals surface area contributed by atoms with Gasteiger partial charge in [-0.05, 0) is 40.0 Å². The van der Waals surface area contributed by atoms with Gasteiger partial charge < -0.3 is 10.5 Å². The first-order valence-corrected chi connectivity index (χ1v) is 6.67. The molecule has 0 spiro atoms. The molecule has 2 N–H and O–H groups in total. The van der Waals surface area contributed by atoms with Gasteiger partial charge in [-0.3, -0.25) is 0 Å². The van der Waals surface area contributed by atoms with Crippen molar-refractivity contribution in [3.8, 4) is 5.75 Å². The quantitative estimate of drug-likeness (QED) is 0.927.